The van der Waals surface area contributed by atoms with E-state index in [4.69, 9.17) is 9.47 Å². The van der Waals surface area contributed by atoms with Crippen LogP contribution in [0.1, 0.15) is 54.3 Å². The summed E-state index contributed by atoms with van der Waals surface area (Å²) in [5, 5.41) is 2.98. The molecular formula is C22H23N3O5S. The van der Waals surface area contributed by atoms with E-state index in [1.165, 1.54) is 6.08 Å². The maximum atomic E-state index is 13.2. The van der Waals surface area contributed by atoms with Crippen LogP contribution in [0.4, 0.5) is 5.00 Å². The molecule has 9 heteroatoms. The number of hydrogen-bond donors (Lipinski definition) is 1. The standard InChI is InChI=1S/C22H23N3O5S/c1-6-11-30-22(28)17-13(4)15(21(27)29-7-2)20(31-17)24-19(26)16-14(5)23-18-12(3)9-8-10-25(16)18/h6,8-10H,1,7,11H2,2-5H3,(H,24,26). The van der Waals surface area contributed by atoms with Crippen LogP contribution in [0.3, 0.4) is 0 Å². The molecule has 1 N–H and O–H groups in total. The number of thiophene rings is 1. The number of carbonyl (C=O) groups is 3. The Morgan fingerprint density at radius 2 is 1.97 bits per heavy atom. The molecular weight excluding hydrogens is 418 g/mol. The van der Waals surface area contributed by atoms with Gasteiger partial charge in [-0.15, -0.1) is 11.3 Å². The van der Waals surface area contributed by atoms with Gasteiger partial charge in [0.15, 0.2) is 0 Å². The average molecular weight is 442 g/mol. The monoisotopic (exact) mass is 441 g/mol. The molecule has 0 unspecified atom stereocenters. The summed E-state index contributed by atoms with van der Waals surface area (Å²) in [4.78, 5) is 42.8. The minimum atomic E-state index is -0.625. The SMILES string of the molecule is C=CCOC(=O)c1sc(NC(=O)c2c(C)nc3c(C)cccn23)c(C(=O)OCC)c1C. The molecule has 3 aromatic heterocycles. The molecule has 8 nitrogen and oxygen atoms in total. The molecule has 0 bridgehead atoms. The van der Waals surface area contributed by atoms with E-state index in [0.717, 1.165) is 16.9 Å². The third-order valence-electron chi connectivity index (χ3n) is 4.61. The Morgan fingerprint density at radius 1 is 1.23 bits per heavy atom. The van der Waals surface area contributed by atoms with Crippen LogP contribution in [0.5, 0.6) is 0 Å². The molecule has 1 amide bonds. The lowest BCUT2D eigenvalue weighted by atomic mass is 10.1. The summed E-state index contributed by atoms with van der Waals surface area (Å²) >= 11 is 0.968. The van der Waals surface area contributed by atoms with E-state index in [2.05, 4.69) is 16.9 Å². The van der Waals surface area contributed by atoms with Crippen LogP contribution >= 0.6 is 11.3 Å². The van der Waals surface area contributed by atoms with Gasteiger partial charge in [-0.2, -0.15) is 0 Å². The van der Waals surface area contributed by atoms with Crippen molar-refractivity contribution in [2.75, 3.05) is 18.5 Å². The van der Waals surface area contributed by atoms with Crippen molar-refractivity contribution in [1.29, 1.82) is 0 Å². The normalized spacial score (nSPS) is 10.7. The minimum Gasteiger partial charge on any atom is -0.462 e. The number of carbonyl (C=O) groups excluding carboxylic acids is 3. The second-order valence-electron chi connectivity index (χ2n) is 6.75. The maximum Gasteiger partial charge on any atom is 0.348 e. The number of ether oxygens (including phenoxy) is 2. The molecule has 3 rings (SSSR count). The number of imidazole rings is 1. The molecule has 0 saturated carbocycles. The van der Waals surface area contributed by atoms with Gasteiger partial charge in [0.25, 0.3) is 5.91 Å². The summed E-state index contributed by atoms with van der Waals surface area (Å²) in [5.41, 5.74) is 3.01. The number of rotatable bonds is 7. The van der Waals surface area contributed by atoms with Gasteiger partial charge in [-0.3, -0.25) is 9.20 Å². The van der Waals surface area contributed by atoms with Gasteiger partial charge in [-0.05, 0) is 44.9 Å². The van der Waals surface area contributed by atoms with Gasteiger partial charge in [0.1, 0.15) is 27.8 Å². The third kappa shape index (κ3) is 4.22. The van der Waals surface area contributed by atoms with Crippen molar-refractivity contribution in [2.45, 2.75) is 27.7 Å². The summed E-state index contributed by atoms with van der Waals surface area (Å²) < 4.78 is 11.9. The number of esters is 2. The molecule has 3 heterocycles. The minimum absolute atomic E-state index is 0.0347. The van der Waals surface area contributed by atoms with E-state index in [9.17, 15) is 14.4 Å². The van der Waals surface area contributed by atoms with Gasteiger partial charge in [0, 0.05) is 6.20 Å². The highest BCUT2D eigenvalue weighted by atomic mass is 32.1. The van der Waals surface area contributed by atoms with Gasteiger partial charge in [0.2, 0.25) is 0 Å². The van der Waals surface area contributed by atoms with Crippen LogP contribution in [-0.2, 0) is 9.47 Å². The Morgan fingerprint density at radius 3 is 2.65 bits per heavy atom. The number of anilines is 1. The number of aryl methyl sites for hydroxylation is 2. The summed E-state index contributed by atoms with van der Waals surface area (Å²) in [7, 11) is 0. The summed E-state index contributed by atoms with van der Waals surface area (Å²) in [6, 6.07) is 3.74. The highest BCUT2D eigenvalue weighted by Crippen LogP contribution is 2.35. The fourth-order valence-corrected chi connectivity index (χ4v) is 4.28. The number of pyridine rings is 1. The molecule has 0 aliphatic rings. The van der Waals surface area contributed by atoms with E-state index < -0.39 is 17.8 Å². The summed E-state index contributed by atoms with van der Waals surface area (Å²) in [6.45, 7) is 10.7. The molecule has 0 radical (unpaired) electrons. The van der Waals surface area contributed by atoms with Crippen molar-refractivity contribution in [3.8, 4) is 0 Å². The zero-order chi connectivity index (χ0) is 22.7. The predicted molar refractivity (Wildman–Crippen MR) is 118 cm³/mol. The number of nitrogens with zero attached hydrogens (tertiary/aromatic N) is 2. The fraction of sp³-hybridized carbons (Fsp3) is 0.273. The number of hydrogen-bond acceptors (Lipinski definition) is 7. The summed E-state index contributed by atoms with van der Waals surface area (Å²) in [5.74, 6) is -1.68. The van der Waals surface area contributed by atoms with Crippen LogP contribution in [0.15, 0.2) is 31.0 Å². The molecule has 162 valence electrons. The molecule has 0 fully saturated rings. The molecule has 0 atom stereocenters. The lowest BCUT2D eigenvalue weighted by Gasteiger charge is -2.08. The van der Waals surface area contributed by atoms with Crippen molar-refractivity contribution < 1.29 is 23.9 Å². The van der Waals surface area contributed by atoms with Crippen molar-refractivity contribution in [2.24, 2.45) is 0 Å². The van der Waals surface area contributed by atoms with E-state index in [0.29, 0.717) is 22.6 Å². The van der Waals surface area contributed by atoms with E-state index in [1.54, 1.807) is 31.4 Å². The molecule has 3 aromatic rings. The van der Waals surface area contributed by atoms with Crippen molar-refractivity contribution in [3.63, 3.8) is 0 Å². The van der Waals surface area contributed by atoms with Crippen LogP contribution in [0.2, 0.25) is 0 Å². The molecule has 0 aromatic carbocycles. The Hall–Kier alpha value is -3.46. The van der Waals surface area contributed by atoms with E-state index in [1.807, 2.05) is 19.1 Å². The number of fused-ring (bicyclic) bond motifs is 1. The average Bonchev–Trinajstić information content (AvgIpc) is 3.23. The number of nitrogens with one attached hydrogen (secondary N) is 1. The first-order valence-corrected chi connectivity index (χ1v) is 10.5. The highest BCUT2D eigenvalue weighted by molar-refractivity contribution is 7.18. The fourth-order valence-electron chi connectivity index (χ4n) is 3.20. The largest absolute Gasteiger partial charge is 0.462 e. The Kier molecular flexibility index (Phi) is 6.55. The quantitative estimate of drug-likeness (QED) is 0.438. The van der Waals surface area contributed by atoms with Crippen molar-refractivity contribution in [3.05, 3.63) is 63.9 Å². The second-order valence-corrected chi connectivity index (χ2v) is 7.77. The van der Waals surface area contributed by atoms with E-state index in [-0.39, 0.29) is 28.7 Å². The van der Waals surface area contributed by atoms with Gasteiger partial charge in [-0.1, -0.05) is 18.7 Å². The van der Waals surface area contributed by atoms with Gasteiger partial charge in [0.05, 0.1) is 17.9 Å². The molecule has 0 aliphatic carbocycles. The predicted octanol–water partition coefficient (Wildman–Crippen LogP) is 4.09. The summed E-state index contributed by atoms with van der Waals surface area (Å²) in [6.07, 6.45) is 3.20. The second kappa shape index (κ2) is 9.13. The molecule has 31 heavy (non-hydrogen) atoms. The van der Waals surface area contributed by atoms with Gasteiger partial charge >= 0.3 is 11.9 Å². The van der Waals surface area contributed by atoms with Crippen molar-refractivity contribution in [1.82, 2.24) is 9.38 Å². The van der Waals surface area contributed by atoms with E-state index >= 15 is 0 Å². The van der Waals surface area contributed by atoms with Gasteiger partial charge in [-0.25, -0.2) is 14.6 Å². The topological polar surface area (TPSA) is 99.0 Å². The first kappa shape index (κ1) is 22.2. The number of amides is 1. The zero-order valence-electron chi connectivity index (χ0n) is 17.8. The van der Waals surface area contributed by atoms with Crippen molar-refractivity contribution >= 4 is 39.8 Å². The third-order valence-corrected chi connectivity index (χ3v) is 5.79. The maximum absolute atomic E-state index is 13.2. The number of aromatic nitrogens is 2. The zero-order valence-corrected chi connectivity index (χ0v) is 18.6. The molecule has 0 saturated heterocycles. The Bertz CT molecular complexity index is 1190. The van der Waals surface area contributed by atoms with Crippen LogP contribution < -0.4 is 5.32 Å². The first-order valence-electron chi connectivity index (χ1n) is 9.64. The molecule has 0 spiro atoms. The first-order chi connectivity index (χ1) is 14.8. The molecule has 0 aliphatic heterocycles. The van der Waals surface area contributed by atoms with Gasteiger partial charge < -0.3 is 14.8 Å². The van der Waals surface area contributed by atoms with Crippen LogP contribution in [0.25, 0.3) is 5.65 Å². The van der Waals surface area contributed by atoms with Crippen LogP contribution in [-0.4, -0.2) is 40.4 Å². The smallest absolute Gasteiger partial charge is 0.348 e. The lowest BCUT2D eigenvalue weighted by Crippen LogP contribution is -2.17. The Labute approximate surface area is 183 Å². The lowest BCUT2D eigenvalue weighted by molar-refractivity contribution is 0.0527. The van der Waals surface area contributed by atoms with Crippen LogP contribution in [0, 0.1) is 20.8 Å². The Balaban J connectivity index is 2.04. The highest BCUT2D eigenvalue weighted by Gasteiger charge is 2.28.